The van der Waals surface area contributed by atoms with E-state index in [4.69, 9.17) is 4.74 Å². The summed E-state index contributed by atoms with van der Waals surface area (Å²) in [6, 6.07) is 12.4. The van der Waals surface area contributed by atoms with Crippen LogP contribution in [-0.4, -0.2) is 39.4 Å². The molecule has 0 fully saturated rings. The third-order valence-corrected chi connectivity index (χ3v) is 5.27. The Morgan fingerprint density at radius 3 is 2.69 bits per heavy atom. The molecule has 166 valence electrons. The Balaban J connectivity index is 1.59. The van der Waals surface area contributed by atoms with E-state index >= 15 is 0 Å². The summed E-state index contributed by atoms with van der Waals surface area (Å²) in [6.45, 7) is 4.30. The van der Waals surface area contributed by atoms with Crippen LogP contribution in [0.2, 0.25) is 0 Å². The molecule has 10 heteroatoms. The van der Waals surface area contributed by atoms with Gasteiger partial charge in [-0.25, -0.2) is 4.39 Å². The number of hydrogen-bond acceptors (Lipinski definition) is 6. The summed E-state index contributed by atoms with van der Waals surface area (Å²) in [6.07, 6.45) is 1.68. The van der Waals surface area contributed by atoms with Crippen molar-refractivity contribution in [1.29, 1.82) is 0 Å². The van der Waals surface area contributed by atoms with Gasteiger partial charge in [-0.05, 0) is 42.5 Å². The molecule has 2 amide bonds. The van der Waals surface area contributed by atoms with Crippen molar-refractivity contribution in [2.75, 3.05) is 18.2 Å². The molecule has 1 aromatic heterocycles. The van der Waals surface area contributed by atoms with Crippen molar-refractivity contribution in [2.24, 2.45) is 0 Å². The Labute approximate surface area is 188 Å². The van der Waals surface area contributed by atoms with Crippen LogP contribution in [0.15, 0.2) is 66.3 Å². The van der Waals surface area contributed by atoms with Gasteiger partial charge in [-0.3, -0.25) is 9.59 Å². The Kier molecular flexibility index (Phi) is 7.98. The Morgan fingerprint density at radius 2 is 2.00 bits per heavy atom. The van der Waals surface area contributed by atoms with Crippen molar-refractivity contribution in [3.63, 3.8) is 0 Å². The van der Waals surface area contributed by atoms with Crippen molar-refractivity contribution in [1.82, 2.24) is 20.1 Å². The molecule has 3 aromatic rings. The number of hydrogen-bond donors (Lipinski definition) is 2. The van der Waals surface area contributed by atoms with E-state index in [2.05, 4.69) is 27.4 Å². The molecule has 0 unspecified atom stereocenters. The number of carbonyl (C=O) groups excluding carboxylic acids is 2. The molecule has 1 heterocycles. The minimum atomic E-state index is -0.428. The predicted molar refractivity (Wildman–Crippen MR) is 120 cm³/mol. The standard InChI is InChI=1S/C22H22FN5O3S/c1-3-11-28-19(13-24-21(30)15-7-9-18(31-2)10-8-15)26-27-22(28)32-14-20(29)25-17-6-4-5-16(23)12-17/h3-10,12H,1,11,13-14H2,2H3,(H,24,30)(H,25,29). The minimum absolute atomic E-state index is 0.0595. The average Bonchev–Trinajstić information content (AvgIpc) is 3.18. The normalized spacial score (nSPS) is 10.4. The summed E-state index contributed by atoms with van der Waals surface area (Å²) in [5.41, 5.74) is 0.870. The van der Waals surface area contributed by atoms with Gasteiger partial charge in [0.25, 0.3) is 5.91 Å². The summed E-state index contributed by atoms with van der Waals surface area (Å²) in [7, 11) is 1.56. The molecule has 0 bridgehead atoms. The van der Waals surface area contributed by atoms with Crippen LogP contribution in [0.3, 0.4) is 0 Å². The number of thioether (sulfide) groups is 1. The lowest BCUT2D eigenvalue weighted by Crippen LogP contribution is -2.24. The lowest BCUT2D eigenvalue weighted by Gasteiger charge is -2.09. The molecular weight excluding hydrogens is 433 g/mol. The number of anilines is 1. The van der Waals surface area contributed by atoms with Crippen LogP contribution in [0.4, 0.5) is 10.1 Å². The average molecular weight is 456 g/mol. The van der Waals surface area contributed by atoms with E-state index in [1.807, 2.05) is 0 Å². The molecule has 0 aliphatic carbocycles. The van der Waals surface area contributed by atoms with Gasteiger partial charge in [0.2, 0.25) is 5.91 Å². The molecule has 0 saturated heterocycles. The Bertz CT molecular complexity index is 1100. The van der Waals surface area contributed by atoms with Gasteiger partial charge in [0.1, 0.15) is 11.6 Å². The second-order valence-corrected chi connectivity index (χ2v) is 7.50. The second-order valence-electron chi connectivity index (χ2n) is 6.56. The van der Waals surface area contributed by atoms with Gasteiger partial charge in [0.05, 0.1) is 19.4 Å². The highest BCUT2D eigenvalue weighted by Gasteiger charge is 2.15. The van der Waals surface area contributed by atoms with Crippen LogP contribution in [0, 0.1) is 5.82 Å². The van der Waals surface area contributed by atoms with Crippen LogP contribution in [-0.2, 0) is 17.9 Å². The zero-order valence-electron chi connectivity index (χ0n) is 17.4. The van der Waals surface area contributed by atoms with Crippen LogP contribution in [0.5, 0.6) is 5.75 Å². The van der Waals surface area contributed by atoms with E-state index in [0.717, 1.165) is 0 Å². The first kappa shape index (κ1) is 23.0. The predicted octanol–water partition coefficient (Wildman–Crippen LogP) is 3.27. The summed E-state index contributed by atoms with van der Waals surface area (Å²) in [4.78, 5) is 24.6. The Hall–Kier alpha value is -3.66. The van der Waals surface area contributed by atoms with Crippen molar-refractivity contribution < 1.29 is 18.7 Å². The Morgan fingerprint density at radius 1 is 1.22 bits per heavy atom. The van der Waals surface area contributed by atoms with Gasteiger partial charge in [-0.1, -0.05) is 23.9 Å². The molecule has 0 spiro atoms. The monoisotopic (exact) mass is 455 g/mol. The maximum Gasteiger partial charge on any atom is 0.251 e. The highest BCUT2D eigenvalue weighted by atomic mass is 32.2. The van der Waals surface area contributed by atoms with Gasteiger partial charge in [-0.2, -0.15) is 0 Å². The number of methoxy groups -OCH3 is 1. The zero-order chi connectivity index (χ0) is 22.9. The molecule has 0 saturated carbocycles. The third kappa shape index (κ3) is 6.17. The molecular formula is C22H22FN5O3S. The first-order chi connectivity index (χ1) is 15.5. The fourth-order valence-corrected chi connectivity index (χ4v) is 3.53. The number of carbonyl (C=O) groups is 2. The number of nitrogens with one attached hydrogen (secondary N) is 2. The number of nitrogens with zero attached hydrogens (tertiary/aromatic N) is 3. The van der Waals surface area contributed by atoms with Crippen LogP contribution >= 0.6 is 11.8 Å². The summed E-state index contributed by atoms with van der Waals surface area (Å²) in [5, 5.41) is 14.2. The lowest BCUT2D eigenvalue weighted by molar-refractivity contribution is -0.113. The van der Waals surface area contributed by atoms with Crippen molar-refractivity contribution in [3.8, 4) is 5.75 Å². The number of ether oxygens (including phenoxy) is 1. The maximum absolute atomic E-state index is 13.3. The van der Waals surface area contributed by atoms with E-state index in [1.165, 1.54) is 30.0 Å². The number of amides is 2. The van der Waals surface area contributed by atoms with Crippen LogP contribution in [0.1, 0.15) is 16.2 Å². The molecule has 0 atom stereocenters. The second kappa shape index (κ2) is 11.1. The number of rotatable bonds is 10. The molecule has 0 aliphatic rings. The summed E-state index contributed by atoms with van der Waals surface area (Å²) in [5.74, 6) is 0.259. The molecule has 2 N–H and O–H groups in total. The number of allylic oxidation sites excluding steroid dienone is 1. The van der Waals surface area contributed by atoms with Gasteiger partial charge in [0.15, 0.2) is 11.0 Å². The van der Waals surface area contributed by atoms with E-state index in [-0.39, 0.29) is 24.1 Å². The quantitative estimate of drug-likeness (QED) is 0.360. The van der Waals surface area contributed by atoms with Crippen molar-refractivity contribution >= 4 is 29.3 Å². The van der Waals surface area contributed by atoms with Gasteiger partial charge < -0.3 is 19.9 Å². The first-order valence-electron chi connectivity index (χ1n) is 9.63. The summed E-state index contributed by atoms with van der Waals surface area (Å²) >= 11 is 1.18. The number of aromatic nitrogens is 3. The molecule has 8 nitrogen and oxygen atoms in total. The first-order valence-corrected chi connectivity index (χ1v) is 10.6. The molecule has 3 rings (SSSR count). The van der Waals surface area contributed by atoms with Gasteiger partial charge in [0, 0.05) is 17.8 Å². The number of benzene rings is 2. The SMILES string of the molecule is C=CCn1c(CNC(=O)c2ccc(OC)cc2)nnc1SCC(=O)Nc1cccc(F)c1. The molecule has 32 heavy (non-hydrogen) atoms. The molecule has 0 radical (unpaired) electrons. The van der Waals surface area contributed by atoms with E-state index < -0.39 is 5.82 Å². The highest BCUT2D eigenvalue weighted by Crippen LogP contribution is 2.18. The zero-order valence-corrected chi connectivity index (χ0v) is 18.2. The molecule has 2 aromatic carbocycles. The minimum Gasteiger partial charge on any atom is -0.497 e. The smallest absolute Gasteiger partial charge is 0.251 e. The van der Waals surface area contributed by atoms with E-state index in [1.54, 1.807) is 48.1 Å². The molecule has 0 aliphatic heterocycles. The number of halogens is 1. The van der Waals surface area contributed by atoms with E-state index in [9.17, 15) is 14.0 Å². The fourth-order valence-electron chi connectivity index (χ4n) is 2.77. The van der Waals surface area contributed by atoms with Gasteiger partial charge >= 0.3 is 0 Å². The van der Waals surface area contributed by atoms with Gasteiger partial charge in [-0.15, -0.1) is 16.8 Å². The van der Waals surface area contributed by atoms with Crippen LogP contribution < -0.4 is 15.4 Å². The third-order valence-electron chi connectivity index (χ3n) is 4.31. The summed E-state index contributed by atoms with van der Waals surface area (Å²) < 4.78 is 20.1. The largest absolute Gasteiger partial charge is 0.497 e. The lowest BCUT2D eigenvalue weighted by atomic mass is 10.2. The van der Waals surface area contributed by atoms with Crippen molar-refractivity contribution in [3.05, 3.63) is 78.4 Å². The van der Waals surface area contributed by atoms with E-state index in [0.29, 0.717) is 34.5 Å². The van der Waals surface area contributed by atoms with Crippen LogP contribution in [0.25, 0.3) is 0 Å². The fraction of sp³-hybridized carbons (Fsp3) is 0.182. The topological polar surface area (TPSA) is 98.1 Å². The maximum atomic E-state index is 13.3. The highest BCUT2D eigenvalue weighted by molar-refractivity contribution is 7.99. The van der Waals surface area contributed by atoms with Crippen molar-refractivity contribution in [2.45, 2.75) is 18.2 Å².